The molecule has 0 aliphatic carbocycles. The van der Waals surface area contributed by atoms with Gasteiger partial charge in [-0.25, -0.2) is 4.98 Å². The van der Waals surface area contributed by atoms with Crippen molar-refractivity contribution in [2.24, 2.45) is 4.99 Å². The lowest BCUT2D eigenvalue weighted by Gasteiger charge is -2.11. The van der Waals surface area contributed by atoms with E-state index in [4.69, 9.17) is 4.74 Å². The van der Waals surface area contributed by atoms with Crippen LogP contribution in [0.4, 0.5) is 0 Å². The number of rotatable bonds is 7. The molecule has 0 bridgehead atoms. The molecular formula is C17H24N4OS. The highest BCUT2D eigenvalue weighted by molar-refractivity contribution is 7.11. The number of hydrogen-bond donors (Lipinski definition) is 2. The van der Waals surface area contributed by atoms with Crippen LogP contribution < -0.4 is 10.6 Å². The molecule has 0 aliphatic heterocycles. The molecule has 6 heteroatoms. The van der Waals surface area contributed by atoms with E-state index in [9.17, 15) is 0 Å². The lowest BCUT2D eigenvalue weighted by molar-refractivity contribution is 0.125. The zero-order valence-corrected chi connectivity index (χ0v) is 14.7. The van der Waals surface area contributed by atoms with Crippen molar-refractivity contribution in [3.05, 3.63) is 51.5 Å². The first kappa shape index (κ1) is 17.4. The monoisotopic (exact) mass is 332 g/mol. The second-order valence-corrected chi connectivity index (χ2v) is 6.42. The van der Waals surface area contributed by atoms with Crippen molar-refractivity contribution in [3.63, 3.8) is 0 Å². The van der Waals surface area contributed by atoms with Crippen molar-refractivity contribution >= 4 is 17.3 Å². The molecule has 0 aliphatic rings. The maximum Gasteiger partial charge on any atom is 0.191 e. The van der Waals surface area contributed by atoms with E-state index in [2.05, 4.69) is 32.7 Å². The van der Waals surface area contributed by atoms with E-state index >= 15 is 0 Å². The molecule has 0 fully saturated rings. The predicted molar refractivity (Wildman–Crippen MR) is 95.9 cm³/mol. The third-order valence-corrected chi connectivity index (χ3v) is 4.36. The summed E-state index contributed by atoms with van der Waals surface area (Å²) in [7, 11) is 1.77. The topological polar surface area (TPSA) is 58.5 Å². The van der Waals surface area contributed by atoms with Crippen LogP contribution in [0.2, 0.25) is 0 Å². The van der Waals surface area contributed by atoms with Gasteiger partial charge < -0.3 is 15.4 Å². The standard InChI is InChI=1S/C17H24N4OS/c1-13-16(23-14(2)21-13)11-20-17(18-3)19-9-10-22-12-15-7-5-4-6-8-15/h4-8H,9-12H2,1-3H3,(H2,18,19,20). The first-order chi connectivity index (χ1) is 11.2. The Morgan fingerprint density at radius 1 is 1.22 bits per heavy atom. The van der Waals surface area contributed by atoms with Gasteiger partial charge in [-0.2, -0.15) is 0 Å². The van der Waals surface area contributed by atoms with Gasteiger partial charge in [0, 0.05) is 18.5 Å². The lowest BCUT2D eigenvalue weighted by Crippen LogP contribution is -2.38. The van der Waals surface area contributed by atoms with Crippen LogP contribution in [0.1, 0.15) is 21.1 Å². The summed E-state index contributed by atoms with van der Waals surface area (Å²) < 4.78 is 5.65. The molecule has 0 saturated carbocycles. The van der Waals surface area contributed by atoms with E-state index in [1.807, 2.05) is 32.0 Å². The van der Waals surface area contributed by atoms with Crippen LogP contribution in [0.5, 0.6) is 0 Å². The predicted octanol–water partition coefficient (Wildman–Crippen LogP) is 2.64. The molecule has 23 heavy (non-hydrogen) atoms. The molecule has 0 radical (unpaired) electrons. The minimum Gasteiger partial charge on any atom is -0.375 e. The number of nitrogens with one attached hydrogen (secondary N) is 2. The van der Waals surface area contributed by atoms with Gasteiger partial charge in [0.1, 0.15) is 0 Å². The van der Waals surface area contributed by atoms with Crippen molar-refractivity contribution in [2.75, 3.05) is 20.2 Å². The summed E-state index contributed by atoms with van der Waals surface area (Å²) in [5.74, 6) is 0.777. The molecule has 0 atom stereocenters. The molecule has 0 saturated heterocycles. The number of ether oxygens (including phenoxy) is 1. The summed E-state index contributed by atoms with van der Waals surface area (Å²) in [6.45, 7) is 6.78. The number of aryl methyl sites for hydroxylation is 2. The summed E-state index contributed by atoms with van der Waals surface area (Å²) >= 11 is 1.72. The summed E-state index contributed by atoms with van der Waals surface area (Å²) in [4.78, 5) is 9.89. The van der Waals surface area contributed by atoms with Gasteiger partial charge in [-0.15, -0.1) is 11.3 Å². The van der Waals surface area contributed by atoms with Gasteiger partial charge in [-0.1, -0.05) is 30.3 Å². The average molecular weight is 332 g/mol. The van der Waals surface area contributed by atoms with Crippen molar-refractivity contribution in [2.45, 2.75) is 27.0 Å². The number of thiazole rings is 1. The fourth-order valence-corrected chi connectivity index (χ4v) is 3.00. The Morgan fingerprint density at radius 3 is 2.65 bits per heavy atom. The average Bonchev–Trinajstić information content (AvgIpc) is 2.88. The molecule has 124 valence electrons. The van der Waals surface area contributed by atoms with E-state index in [-0.39, 0.29) is 0 Å². The Balaban J connectivity index is 1.64. The van der Waals surface area contributed by atoms with Gasteiger partial charge >= 0.3 is 0 Å². The highest BCUT2D eigenvalue weighted by atomic mass is 32.1. The number of benzene rings is 1. The van der Waals surface area contributed by atoms with E-state index < -0.39 is 0 Å². The van der Waals surface area contributed by atoms with Crippen molar-refractivity contribution in [1.82, 2.24) is 15.6 Å². The molecule has 0 unspecified atom stereocenters. The highest BCUT2D eigenvalue weighted by Crippen LogP contribution is 2.16. The summed E-state index contributed by atoms with van der Waals surface area (Å²) in [6.07, 6.45) is 0. The third kappa shape index (κ3) is 6.00. The Morgan fingerprint density at radius 2 is 2.00 bits per heavy atom. The van der Waals surface area contributed by atoms with Crippen LogP contribution in [0.25, 0.3) is 0 Å². The molecule has 2 aromatic rings. The van der Waals surface area contributed by atoms with Gasteiger partial charge in [-0.05, 0) is 19.4 Å². The smallest absolute Gasteiger partial charge is 0.191 e. The Kier molecular flexibility index (Phi) is 7.03. The Hall–Kier alpha value is -1.92. The Labute approximate surface area is 141 Å². The molecular weight excluding hydrogens is 308 g/mol. The minimum absolute atomic E-state index is 0.633. The Bertz CT molecular complexity index is 625. The second-order valence-electron chi connectivity index (χ2n) is 5.13. The van der Waals surface area contributed by atoms with Crippen molar-refractivity contribution in [1.29, 1.82) is 0 Å². The quantitative estimate of drug-likeness (QED) is 0.465. The van der Waals surface area contributed by atoms with Gasteiger partial charge in [0.25, 0.3) is 0 Å². The largest absolute Gasteiger partial charge is 0.375 e. The zero-order valence-electron chi connectivity index (χ0n) is 13.9. The van der Waals surface area contributed by atoms with Gasteiger partial charge in [0.05, 0.1) is 30.5 Å². The van der Waals surface area contributed by atoms with Crippen LogP contribution in [0, 0.1) is 13.8 Å². The normalized spacial score (nSPS) is 11.5. The molecule has 0 amide bonds. The first-order valence-corrected chi connectivity index (χ1v) is 8.50. The van der Waals surface area contributed by atoms with Crippen LogP contribution in [-0.4, -0.2) is 31.1 Å². The van der Waals surface area contributed by atoms with Gasteiger partial charge in [0.15, 0.2) is 5.96 Å². The van der Waals surface area contributed by atoms with Gasteiger partial charge in [0.2, 0.25) is 0 Å². The molecule has 1 aromatic carbocycles. The van der Waals surface area contributed by atoms with Crippen LogP contribution in [0.3, 0.4) is 0 Å². The highest BCUT2D eigenvalue weighted by Gasteiger charge is 2.05. The molecule has 5 nitrogen and oxygen atoms in total. The fourth-order valence-electron chi connectivity index (χ4n) is 2.13. The second kappa shape index (κ2) is 9.27. The maximum atomic E-state index is 5.65. The first-order valence-electron chi connectivity index (χ1n) is 7.68. The zero-order chi connectivity index (χ0) is 16.5. The number of guanidine groups is 1. The lowest BCUT2D eigenvalue weighted by atomic mass is 10.2. The molecule has 2 rings (SSSR count). The van der Waals surface area contributed by atoms with Crippen LogP contribution in [0.15, 0.2) is 35.3 Å². The molecule has 2 N–H and O–H groups in total. The van der Waals surface area contributed by atoms with E-state index in [0.717, 1.165) is 23.2 Å². The summed E-state index contributed by atoms with van der Waals surface area (Å²) in [6, 6.07) is 10.2. The molecule has 1 aromatic heterocycles. The number of nitrogens with zero attached hydrogens (tertiary/aromatic N) is 2. The van der Waals surface area contributed by atoms with E-state index in [1.54, 1.807) is 18.4 Å². The van der Waals surface area contributed by atoms with Crippen LogP contribution in [-0.2, 0) is 17.9 Å². The van der Waals surface area contributed by atoms with Crippen molar-refractivity contribution < 1.29 is 4.74 Å². The van der Waals surface area contributed by atoms with E-state index in [0.29, 0.717) is 19.8 Å². The SMILES string of the molecule is CN=C(NCCOCc1ccccc1)NCc1sc(C)nc1C. The summed E-state index contributed by atoms with van der Waals surface area (Å²) in [5.41, 5.74) is 2.27. The number of aliphatic imine (C=N–C) groups is 1. The van der Waals surface area contributed by atoms with Crippen molar-refractivity contribution in [3.8, 4) is 0 Å². The van der Waals surface area contributed by atoms with Gasteiger partial charge in [-0.3, -0.25) is 4.99 Å². The fraction of sp³-hybridized carbons (Fsp3) is 0.412. The van der Waals surface area contributed by atoms with Crippen LogP contribution >= 0.6 is 11.3 Å². The number of aromatic nitrogens is 1. The molecule has 0 spiro atoms. The molecule has 1 heterocycles. The third-order valence-electron chi connectivity index (χ3n) is 3.29. The maximum absolute atomic E-state index is 5.65. The minimum atomic E-state index is 0.633. The van der Waals surface area contributed by atoms with E-state index in [1.165, 1.54) is 10.4 Å². The number of hydrogen-bond acceptors (Lipinski definition) is 4. The summed E-state index contributed by atoms with van der Waals surface area (Å²) in [5, 5.41) is 7.65.